The molecule has 8 heterocycles. The summed E-state index contributed by atoms with van der Waals surface area (Å²) in [6.45, 7) is -41.2. The summed E-state index contributed by atoms with van der Waals surface area (Å²) in [4.78, 5) is 28.7. The fourth-order valence-electron chi connectivity index (χ4n) is 6.67. The molecule has 4 N–H and O–H groups in total. The molecule has 2 saturated heterocycles. The summed E-state index contributed by atoms with van der Waals surface area (Å²) in [5, 5.41) is 8.26. The van der Waals surface area contributed by atoms with Crippen LogP contribution in [0.4, 0.5) is 34.9 Å². The van der Waals surface area contributed by atoms with Crippen LogP contribution in [0.5, 0.6) is 11.5 Å². The third-order valence-corrected chi connectivity index (χ3v) is 10.1. The maximum atomic E-state index is 8.90. The Morgan fingerprint density at radius 2 is 1.17 bits per heavy atom. The molecule has 0 aliphatic carbocycles. The normalized spacial score (nSPS) is 25.7. The zero-order valence-electron chi connectivity index (χ0n) is 69.1. The largest absolute Gasteiger partial charge is 0.491 e. The second-order valence-electron chi connectivity index (χ2n) is 14.5. The highest BCUT2D eigenvalue weighted by molar-refractivity contribution is 5.60. The van der Waals surface area contributed by atoms with E-state index in [1.54, 1.807) is 12.1 Å². The molecular weight excluding hydrogens is 925 g/mol. The molecule has 380 valence electrons. The Labute approximate surface area is 461 Å². The van der Waals surface area contributed by atoms with Crippen LogP contribution in [0, 0.1) is 0 Å². The third-order valence-electron chi connectivity index (χ3n) is 10.1. The molecule has 8 aromatic rings. The van der Waals surface area contributed by atoms with E-state index in [0.29, 0.717) is 32.7 Å². The molecule has 24 nitrogen and oxygen atoms in total. The van der Waals surface area contributed by atoms with Crippen LogP contribution in [0.3, 0.4) is 0 Å². The smallest absolute Gasteiger partial charge is 0.266 e. The zero-order valence-corrected chi connectivity index (χ0v) is 37.1. The molecule has 72 heavy (non-hydrogen) atoms. The Kier molecular flexibility index (Phi) is 7.68. The summed E-state index contributed by atoms with van der Waals surface area (Å²) in [6.07, 6.45) is 5.27. The lowest BCUT2D eigenvalue weighted by Crippen LogP contribution is -2.48. The van der Waals surface area contributed by atoms with Crippen LogP contribution in [-0.2, 0) is 9.47 Å². The van der Waals surface area contributed by atoms with Crippen molar-refractivity contribution in [1.82, 2.24) is 58.9 Å². The number of oxazole rings is 2. The summed E-state index contributed by atoms with van der Waals surface area (Å²) >= 11 is 0. The number of anilines is 6. The van der Waals surface area contributed by atoms with Crippen LogP contribution in [0.1, 0.15) is 43.9 Å². The molecule has 10 rings (SSSR count). The van der Waals surface area contributed by atoms with E-state index >= 15 is 0 Å². The van der Waals surface area contributed by atoms with Gasteiger partial charge in [-0.3, -0.25) is 9.80 Å². The number of likely N-dealkylation sites (N-methyl/N-ethyl adjacent to an activating group) is 2. The number of benzene rings is 2. The van der Waals surface area contributed by atoms with Gasteiger partial charge in [-0.2, -0.15) is 19.0 Å². The maximum absolute atomic E-state index is 8.90. The number of hydrogen-bond donors (Lipinski definition) is 2. The molecule has 2 aliphatic heterocycles. The molecule has 0 bridgehead atoms. The number of aromatic nitrogens is 10. The van der Waals surface area contributed by atoms with Gasteiger partial charge in [-0.05, 0) is 48.5 Å². The van der Waals surface area contributed by atoms with Gasteiger partial charge in [-0.25, -0.2) is 19.9 Å². The Morgan fingerprint density at radius 3 is 1.67 bits per heavy atom. The topological polar surface area (TPSA) is 247 Å². The lowest BCUT2D eigenvalue weighted by atomic mass is 10.2. The number of methoxy groups -OCH3 is 2. The molecule has 0 saturated carbocycles. The van der Waals surface area contributed by atoms with E-state index in [4.69, 9.17) is 73.6 Å². The van der Waals surface area contributed by atoms with Gasteiger partial charge in [-0.15, -0.1) is 10.2 Å². The quantitative estimate of drug-likeness (QED) is 0.111. The first kappa shape index (κ1) is 23.6. The highest BCUT2D eigenvalue weighted by Gasteiger charge is 2.22. The molecule has 0 atom stereocenters. The Morgan fingerprint density at radius 1 is 0.639 bits per heavy atom. The predicted molar refractivity (Wildman–Crippen MR) is 273 cm³/mol. The SMILES string of the molecule is [2H]C([2H])([2H])OC([2H])([2H])C([2H])([2H])Oc1ccc(N2C([2H])([2H])C([2H])([2H])N(C([2H])([2H])C([2H])([2H])N(c3cc4nc(-c5ncco5)nn4c(N)n3)C([2H])([2H])[2H])C([2H])([2H])C2([2H])[2H])cc1.[2H]C([2H])([2H])OC([2H])([2H])C([2H])([2H])Oc1ccc(N2CCN(CCN(c3cc4nc(-c5ncco5)nn4c(N)n3)C([2H])([2H])[2H])CC2)cc1. The summed E-state index contributed by atoms with van der Waals surface area (Å²) in [5.74, 6) is -2.06. The Balaban J connectivity index is 0.000000248. The number of nitrogens with two attached hydrogens (primary N) is 2. The molecule has 6 aromatic heterocycles. The number of ether oxygens (including phenoxy) is 4. The first-order valence-electron chi connectivity index (χ1n) is 36.9. The van der Waals surface area contributed by atoms with Gasteiger partial charge in [0, 0.05) is 146 Å². The number of fused-ring (bicyclic) bond motifs is 2. The predicted octanol–water partition coefficient (Wildman–Crippen LogP) is 3.29. The van der Waals surface area contributed by atoms with Crippen molar-refractivity contribution >= 4 is 46.2 Å². The van der Waals surface area contributed by atoms with E-state index in [1.165, 1.54) is 52.5 Å². The highest BCUT2D eigenvalue weighted by Crippen LogP contribution is 2.25. The lowest BCUT2D eigenvalue weighted by molar-refractivity contribution is 0.146. The average molecular weight is 1020 g/mol. The van der Waals surface area contributed by atoms with E-state index in [2.05, 4.69) is 59.4 Å². The first-order valence-corrected chi connectivity index (χ1v) is 20.9. The van der Waals surface area contributed by atoms with Crippen molar-refractivity contribution in [1.29, 1.82) is 0 Å². The van der Waals surface area contributed by atoms with Gasteiger partial charge >= 0.3 is 0 Å². The van der Waals surface area contributed by atoms with Crippen molar-refractivity contribution in [3.63, 3.8) is 0 Å². The number of hydrogen-bond acceptors (Lipinski definition) is 22. The average Bonchev–Trinajstić information content (AvgIpc) is 0.718. The fraction of sp³-hybridized carbons (Fsp3) is 0.417. The van der Waals surface area contributed by atoms with Crippen molar-refractivity contribution in [2.75, 3.05) is 164 Å². The van der Waals surface area contributed by atoms with Crippen LogP contribution in [0.15, 0.2) is 94.4 Å². The number of nitrogen functional groups attached to an aromatic ring is 2. The minimum atomic E-state index is -4.35. The van der Waals surface area contributed by atoms with Gasteiger partial charge in [0.2, 0.25) is 23.5 Å². The molecule has 0 unspecified atom stereocenters. The van der Waals surface area contributed by atoms with E-state index in [9.17, 15) is 0 Å². The molecular formula is C48H62N18O6. The summed E-state index contributed by atoms with van der Waals surface area (Å²) < 4.78 is 291. The highest BCUT2D eigenvalue weighted by atomic mass is 16.5. The molecule has 2 fully saturated rings. The second kappa shape index (κ2) is 23.4. The van der Waals surface area contributed by atoms with Crippen molar-refractivity contribution < 1.29 is 71.6 Å². The number of nitrogens with zero attached hydrogens (tertiary/aromatic N) is 16. The third kappa shape index (κ3) is 12.2. The van der Waals surface area contributed by atoms with Gasteiger partial charge in [0.25, 0.3) is 11.8 Å². The Hall–Kier alpha value is -7.80. The van der Waals surface area contributed by atoms with Crippen molar-refractivity contribution in [3.8, 4) is 34.9 Å². The van der Waals surface area contributed by atoms with E-state index in [1.807, 2.05) is 0 Å². The van der Waals surface area contributed by atoms with Crippen LogP contribution in [0.25, 0.3) is 34.7 Å². The Bertz CT molecular complexity index is 4270. The van der Waals surface area contributed by atoms with Crippen LogP contribution < -0.4 is 40.5 Å². The molecule has 2 aliphatic rings. The zero-order chi connectivity index (χ0) is 77.7. The summed E-state index contributed by atoms with van der Waals surface area (Å²) in [5.41, 5.74) is 12.2. The molecule has 0 amide bonds. The maximum Gasteiger partial charge on any atom is 0.266 e. The lowest BCUT2D eigenvalue weighted by Gasteiger charge is -2.36. The molecule has 24 heteroatoms. The molecule has 0 spiro atoms. The minimum Gasteiger partial charge on any atom is -0.491 e. The van der Waals surface area contributed by atoms with Gasteiger partial charge < -0.3 is 58.8 Å². The van der Waals surface area contributed by atoms with Crippen LogP contribution in [0.2, 0.25) is 0 Å². The number of piperazine rings is 2. The van der Waals surface area contributed by atoms with E-state index in [-0.39, 0.29) is 68.6 Å². The van der Waals surface area contributed by atoms with Gasteiger partial charge in [0.1, 0.15) is 48.8 Å². The van der Waals surface area contributed by atoms with Crippen LogP contribution in [-0.4, -0.2) is 191 Å². The standard InChI is InChI=1S/2C24H31N9O3/c2*1-30(20-17-21-27-22(23-26-7-14-36-23)29-33(21)24(25)28-20)8-9-31-10-12-32(13-11-31)18-3-5-19(6-4-18)35-16-15-34-2/h2*3-7,14,17H,8-13,15-16H2,1-2H3,(H2,25,28)/i1D3,2D3,8D2,9D2,10D2,11D2,12D2,13D2,15D2,16D2;1D3,2D3,15D2,16D2. The second-order valence-corrected chi connectivity index (χ2v) is 14.5. The molecule has 0 radical (unpaired) electrons. The van der Waals surface area contributed by atoms with Crippen LogP contribution >= 0.6 is 0 Å². The van der Waals surface area contributed by atoms with E-state index in [0.717, 1.165) is 40.5 Å². The minimum absolute atomic E-state index is 0.0115. The van der Waals surface area contributed by atoms with E-state index < -0.39 is 121 Å². The summed E-state index contributed by atoms with van der Waals surface area (Å²) in [7, 11) is -6.55. The van der Waals surface area contributed by atoms with Gasteiger partial charge in [0.05, 0.1) is 52.9 Å². The van der Waals surface area contributed by atoms with Gasteiger partial charge in [0.15, 0.2) is 11.3 Å². The van der Waals surface area contributed by atoms with Crippen molar-refractivity contribution in [2.24, 2.45) is 0 Å². The van der Waals surface area contributed by atoms with Crippen molar-refractivity contribution in [3.05, 3.63) is 85.6 Å². The number of rotatable bonds is 20. The monoisotopic (exact) mass is 1020 g/mol. The fourth-order valence-corrected chi connectivity index (χ4v) is 6.67. The summed E-state index contributed by atoms with van der Waals surface area (Å²) in [6, 6.07) is 11.7. The van der Waals surface area contributed by atoms with Crippen molar-refractivity contribution in [2.45, 2.75) is 0 Å². The molecule has 2 aromatic carbocycles. The van der Waals surface area contributed by atoms with Gasteiger partial charge in [-0.1, -0.05) is 0 Å². The first-order chi connectivity index (χ1) is 47.4.